The largest absolute Gasteiger partial charge is 0.421 e. The maximum absolute atomic E-state index is 14.1. The lowest BCUT2D eigenvalue weighted by Gasteiger charge is -2.41. The van der Waals surface area contributed by atoms with Crippen molar-refractivity contribution in [2.45, 2.75) is 40.5 Å². The monoisotopic (exact) mass is 454 g/mol. The van der Waals surface area contributed by atoms with E-state index in [9.17, 15) is 9.18 Å². The van der Waals surface area contributed by atoms with Gasteiger partial charge in [0, 0.05) is 46.1 Å². The van der Waals surface area contributed by atoms with Crippen LogP contribution in [0.25, 0.3) is 11.5 Å². The van der Waals surface area contributed by atoms with Gasteiger partial charge in [0.15, 0.2) is 0 Å². The van der Waals surface area contributed by atoms with E-state index in [2.05, 4.69) is 41.9 Å². The van der Waals surface area contributed by atoms with Gasteiger partial charge in [0.2, 0.25) is 11.8 Å². The fraction of sp³-hybridized carbons (Fsp3) is 0.577. The van der Waals surface area contributed by atoms with Crippen molar-refractivity contribution in [1.29, 1.82) is 0 Å². The molecule has 2 aromatic rings. The second kappa shape index (κ2) is 10.2. The molecule has 1 aromatic carbocycles. The quantitative estimate of drug-likeness (QED) is 0.604. The van der Waals surface area contributed by atoms with Crippen LogP contribution >= 0.6 is 0 Å². The Balaban J connectivity index is 1.43. The van der Waals surface area contributed by atoms with E-state index < -0.39 is 0 Å². The van der Waals surface area contributed by atoms with Gasteiger partial charge in [-0.25, -0.2) is 4.39 Å². The van der Waals surface area contributed by atoms with Crippen molar-refractivity contribution in [2.75, 3.05) is 32.7 Å². The molecule has 0 spiro atoms. The molecule has 3 unspecified atom stereocenters. The number of benzene rings is 1. The van der Waals surface area contributed by atoms with Crippen molar-refractivity contribution < 1.29 is 13.6 Å². The smallest absolute Gasteiger partial charge is 0.250 e. The number of hydrogen-bond acceptors (Lipinski definition) is 5. The van der Waals surface area contributed by atoms with Crippen LogP contribution in [0.15, 0.2) is 40.3 Å². The molecule has 4 rings (SSSR count). The van der Waals surface area contributed by atoms with Gasteiger partial charge in [0.1, 0.15) is 5.82 Å². The number of halogens is 1. The van der Waals surface area contributed by atoms with Crippen molar-refractivity contribution in [3.8, 4) is 11.5 Å². The van der Waals surface area contributed by atoms with Crippen LogP contribution in [0.3, 0.4) is 0 Å². The summed E-state index contributed by atoms with van der Waals surface area (Å²) in [5.41, 5.74) is 1.71. The lowest BCUT2D eigenvalue weighted by Crippen LogP contribution is -2.50. The molecule has 1 fully saturated rings. The molecule has 0 bridgehead atoms. The first-order valence-electron chi connectivity index (χ1n) is 12.0. The maximum Gasteiger partial charge on any atom is 0.250 e. The average molecular weight is 455 g/mol. The van der Waals surface area contributed by atoms with Gasteiger partial charge in [-0.2, -0.15) is 0 Å². The molecule has 1 aromatic heterocycles. The summed E-state index contributed by atoms with van der Waals surface area (Å²) >= 11 is 0. The molecule has 6 nitrogen and oxygen atoms in total. The van der Waals surface area contributed by atoms with E-state index in [1.54, 1.807) is 25.1 Å². The van der Waals surface area contributed by atoms with Gasteiger partial charge in [-0.3, -0.25) is 9.69 Å². The van der Waals surface area contributed by atoms with Gasteiger partial charge in [0.25, 0.3) is 5.89 Å². The summed E-state index contributed by atoms with van der Waals surface area (Å²) in [6.07, 6.45) is 4.21. The number of nitrogens with zero attached hydrogens (tertiary/aromatic N) is 4. The molecule has 3 atom stereocenters. The maximum atomic E-state index is 14.1. The molecule has 1 saturated heterocycles. The Morgan fingerprint density at radius 1 is 1.18 bits per heavy atom. The van der Waals surface area contributed by atoms with E-state index in [4.69, 9.17) is 4.42 Å². The number of carbonyl (C=O) groups is 1. The fourth-order valence-electron chi connectivity index (χ4n) is 5.32. The molecule has 0 saturated carbocycles. The summed E-state index contributed by atoms with van der Waals surface area (Å²) < 4.78 is 19.9. The van der Waals surface area contributed by atoms with Crippen LogP contribution in [0.4, 0.5) is 4.39 Å². The lowest BCUT2D eigenvalue weighted by molar-refractivity contribution is -0.130. The zero-order valence-electron chi connectivity index (χ0n) is 20.1. The number of hydrogen-bond donors (Lipinski definition) is 0. The van der Waals surface area contributed by atoms with Crippen LogP contribution in [0.2, 0.25) is 0 Å². The highest BCUT2D eigenvalue weighted by Crippen LogP contribution is 2.39. The molecule has 1 amide bonds. The van der Waals surface area contributed by atoms with Crippen LogP contribution in [0.1, 0.15) is 40.0 Å². The highest BCUT2D eigenvalue weighted by molar-refractivity contribution is 5.73. The third-order valence-electron chi connectivity index (χ3n) is 7.36. The number of piperazine rings is 1. The van der Waals surface area contributed by atoms with Gasteiger partial charge in [-0.05, 0) is 49.1 Å². The normalized spacial score (nSPS) is 24.2. The van der Waals surface area contributed by atoms with Crippen LogP contribution in [-0.2, 0) is 11.2 Å². The predicted molar refractivity (Wildman–Crippen MR) is 126 cm³/mol. The Morgan fingerprint density at radius 2 is 1.91 bits per heavy atom. The van der Waals surface area contributed by atoms with E-state index >= 15 is 0 Å². The zero-order chi connectivity index (χ0) is 23.5. The van der Waals surface area contributed by atoms with E-state index in [0.29, 0.717) is 41.5 Å². The zero-order valence-corrected chi connectivity index (χ0v) is 20.1. The van der Waals surface area contributed by atoms with Gasteiger partial charge >= 0.3 is 0 Å². The first kappa shape index (κ1) is 23.6. The Hall–Kier alpha value is -2.54. The van der Waals surface area contributed by atoms with E-state index in [1.165, 1.54) is 11.6 Å². The lowest BCUT2D eigenvalue weighted by atomic mass is 9.69. The Bertz CT molecular complexity index is 994. The van der Waals surface area contributed by atoms with Crippen LogP contribution in [0, 0.1) is 29.5 Å². The first-order chi connectivity index (χ1) is 15.8. The Morgan fingerprint density at radius 3 is 2.58 bits per heavy atom. The molecule has 0 radical (unpaired) electrons. The van der Waals surface area contributed by atoms with Crippen molar-refractivity contribution in [3.63, 3.8) is 0 Å². The SMILES string of the molecule is CC(=O)N1CCN(CC2C=C(C)C(Cc3nnc(-c4ccccc4F)o3)CC2C(C)C)CC1. The summed E-state index contributed by atoms with van der Waals surface area (Å²) in [5.74, 6) is 2.60. The topological polar surface area (TPSA) is 62.5 Å². The highest BCUT2D eigenvalue weighted by Gasteiger charge is 2.34. The first-order valence-corrected chi connectivity index (χ1v) is 12.0. The van der Waals surface area contributed by atoms with Crippen molar-refractivity contribution >= 4 is 5.91 Å². The highest BCUT2D eigenvalue weighted by atomic mass is 19.1. The van der Waals surface area contributed by atoms with Crippen molar-refractivity contribution in [2.24, 2.45) is 23.7 Å². The second-order valence-electron chi connectivity index (χ2n) is 9.91. The van der Waals surface area contributed by atoms with E-state index in [1.807, 2.05) is 4.90 Å². The standard InChI is InChI=1S/C26H35FN4O2/c1-17(2)23-14-20(15-25-28-29-26(33-25)22-7-5-6-8-24(22)27)18(3)13-21(23)16-30-9-11-31(12-10-30)19(4)32/h5-8,13,17,20-21,23H,9-12,14-16H2,1-4H3. The minimum absolute atomic E-state index is 0.171. The van der Waals surface area contributed by atoms with Crippen LogP contribution < -0.4 is 0 Å². The summed E-state index contributed by atoms with van der Waals surface area (Å²) in [4.78, 5) is 16.1. The Labute approximate surface area is 195 Å². The number of allylic oxidation sites excluding steroid dienone is 1. The molecule has 1 aliphatic heterocycles. The van der Waals surface area contributed by atoms with Gasteiger partial charge < -0.3 is 9.32 Å². The minimum atomic E-state index is -0.353. The third kappa shape index (κ3) is 5.52. The second-order valence-corrected chi connectivity index (χ2v) is 9.91. The van der Waals surface area contributed by atoms with E-state index in [0.717, 1.165) is 39.1 Å². The number of carbonyl (C=O) groups excluding carboxylic acids is 1. The summed E-state index contributed by atoms with van der Waals surface area (Å²) in [5, 5.41) is 8.31. The average Bonchev–Trinajstić information content (AvgIpc) is 3.24. The molecule has 7 heteroatoms. The minimum Gasteiger partial charge on any atom is -0.421 e. The molecule has 0 N–H and O–H groups in total. The van der Waals surface area contributed by atoms with Crippen LogP contribution in [0.5, 0.6) is 0 Å². The number of aromatic nitrogens is 2. The molecular weight excluding hydrogens is 419 g/mol. The van der Waals surface area contributed by atoms with Crippen molar-refractivity contribution in [1.82, 2.24) is 20.0 Å². The van der Waals surface area contributed by atoms with Gasteiger partial charge in [-0.15, -0.1) is 10.2 Å². The van der Waals surface area contributed by atoms with Gasteiger partial charge in [-0.1, -0.05) is 37.6 Å². The Kier molecular flexibility index (Phi) is 7.27. The number of amides is 1. The molecular formula is C26H35FN4O2. The van der Waals surface area contributed by atoms with Crippen molar-refractivity contribution in [3.05, 3.63) is 47.6 Å². The summed E-state index contributed by atoms with van der Waals surface area (Å²) in [7, 11) is 0. The predicted octanol–water partition coefficient (Wildman–Crippen LogP) is 4.44. The fourth-order valence-corrected chi connectivity index (χ4v) is 5.32. The third-order valence-corrected chi connectivity index (χ3v) is 7.36. The van der Waals surface area contributed by atoms with Crippen LogP contribution in [-0.4, -0.2) is 58.6 Å². The molecule has 2 heterocycles. The number of rotatable bonds is 6. The summed E-state index contributed by atoms with van der Waals surface area (Å²) in [6, 6.07) is 6.48. The molecule has 1 aliphatic carbocycles. The molecule has 2 aliphatic rings. The summed E-state index contributed by atoms with van der Waals surface area (Å²) in [6.45, 7) is 13.0. The van der Waals surface area contributed by atoms with Gasteiger partial charge in [0.05, 0.1) is 5.56 Å². The molecule has 178 valence electrons. The van der Waals surface area contributed by atoms with E-state index in [-0.39, 0.29) is 17.6 Å². The molecule has 33 heavy (non-hydrogen) atoms.